The summed E-state index contributed by atoms with van der Waals surface area (Å²) in [7, 11) is 0. The predicted octanol–water partition coefficient (Wildman–Crippen LogP) is 2.47. The molecule has 4 heteroatoms. The van der Waals surface area contributed by atoms with Crippen LogP contribution >= 0.6 is 0 Å². The number of hydrogen-bond donors (Lipinski definition) is 3. The molecule has 0 fully saturated rings. The SMILES string of the molecule is NCc1ccccc1NC(=O)NCc1ccccc1. The van der Waals surface area contributed by atoms with Gasteiger partial charge in [-0.15, -0.1) is 0 Å². The molecule has 0 aliphatic rings. The van der Waals surface area contributed by atoms with Crippen LogP contribution in [0.25, 0.3) is 0 Å². The Kier molecular flexibility index (Phi) is 4.53. The van der Waals surface area contributed by atoms with Crippen molar-refractivity contribution < 1.29 is 4.79 Å². The molecule has 98 valence electrons. The number of rotatable bonds is 4. The van der Waals surface area contributed by atoms with E-state index in [9.17, 15) is 4.79 Å². The van der Waals surface area contributed by atoms with Crippen LogP contribution in [-0.4, -0.2) is 6.03 Å². The minimum absolute atomic E-state index is 0.232. The van der Waals surface area contributed by atoms with Crippen LogP contribution in [-0.2, 0) is 13.1 Å². The number of para-hydroxylation sites is 1. The fourth-order valence-corrected chi connectivity index (χ4v) is 1.76. The smallest absolute Gasteiger partial charge is 0.319 e. The van der Waals surface area contributed by atoms with Gasteiger partial charge in [-0.2, -0.15) is 0 Å². The van der Waals surface area contributed by atoms with Crippen molar-refractivity contribution in [3.63, 3.8) is 0 Å². The van der Waals surface area contributed by atoms with E-state index in [0.29, 0.717) is 13.1 Å². The zero-order chi connectivity index (χ0) is 13.5. The molecule has 2 amide bonds. The molecule has 0 spiro atoms. The minimum atomic E-state index is -0.232. The minimum Gasteiger partial charge on any atom is -0.334 e. The summed E-state index contributed by atoms with van der Waals surface area (Å²) in [4.78, 5) is 11.8. The van der Waals surface area contributed by atoms with E-state index in [1.165, 1.54) is 0 Å². The highest BCUT2D eigenvalue weighted by Crippen LogP contribution is 2.13. The Bertz CT molecular complexity index is 540. The molecular formula is C15H17N3O. The number of benzene rings is 2. The highest BCUT2D eigenvalue weighted by atomic mass is 16.2. The van der Waals surface area contributed by atoms with Crippen LogP contribution in [0.15, 0.2) is 54.6 Å². The normalized spacial score (nSPS) is 9.95. The molecule has 4 nitrogen and oxygen atoms in total. The molecule has 0 saturated heterocycles. The number of hydrogen-bond acceptors (Lipinski definition) is 2. The molecule has 0 saturated carbocycles. The van der Waals surface area contributed by atoms with Gasteiger partial charge >= 0.3 is 6.03 Å². The Morgan fingerprint density at radius 2 is 1.68 bits per heavy atom. The Morgan fingerprint density at radius 3 is 2.42 bits per heavy atom. The van der Waals surface area contributed by atoms with Gasteiger partial charge in [-0.05, 0) is 17.2 Å². The zero-order valence-corrected chi connectivity index (χ0v) is 10.6. The van der Waals surface area contributed by atoms with Crippen LogP contribution in [0.4, 0.5) is 10.5 Å². The number of urea groups is 1. The lowest BCUT2D eigenvalue weighted by molar-refractivity contribution is 0.251. The third-order valence-electron chi connectivity index (χ3n) is 2.78. The monoisotopic (exact) mass is 255 g/mol. The fraction of sp³-hybridized carbons (Fsp3) is 0.133. The Labute approximate surface area is 112 Å². The third-order valence-corrected chi connectivity index (χ3v) is 2.78. The van der Waals surface area contributed by atoms with Gasteiger partial charge in [0.25, 0.3) is 0 Å². The summed E-state index contributed by atoms with van der Waals surface area (Å²) in [5.41, 5.74) is 8.34. The molecule has 4 N–H and O–H groups in total. The molecule has 0 bridgehead atoms. The van der Waals surface area contributed by atoms with Crippen LogP contribution in [0.2, 0.25) is 0 Å². The Morgan fingerprint density at radius 1 is 1.00 bits per heavy atom. The van der Waals surface area contributed by atoms with Gasteiger partial charge in [-0.3, -0.25) is 0 Å². The highest BCUT2D eigenvalue weighted by molar-refractivity contribution is 5.90. The van der Waals surface area contributed by atoms with Crippen molar-refractivity contribution in [2.45, 2.75) is 13.1 Å². The fourth-order valence-electron chi connectivity index (χ4n) is 1.76. The number of nitrogens with two attached hydrogens (primary N) is 1. The second kappa shape index (κ2) is 6.56. The first-order valence-corrected chi connectivity index (χ1v) is 6.16. The highest BCUT2D eigenvalue weighted by Gasteiger charge is 2.04. The lowest BCUT2D eigenvalue weighted by Gasteiger charge is -2.10. The molecule has 0 atom stereocenters. The first-order chi connectivity index (χ1) is 9.29. The van der Waals surface area contributed by atoms with Crippen LogP contribution < -0.4 is 16.4 Å². The topological polar surface area (TPSA) is 67.1 Å². The van der Waals surface area contributed by atoms with E-state index in [2.05, 4.69) is 10.6 Å². The van der Waals surface area contributed by atoms with Gasteiger partial charge in [-0.25, -0.2) is 4.79 Å². The van der Waals surface area contributed by atoms with E-state index >= 15 is 0 Å². The molecule has 0 heterocycles. The van der Waals surface area contributed by atoms with E-state index in [0.717, 1.165) is 16.8 Å². The van der Waals surface area contributed by atoms with Crippen LogP contribution in [0, 0.1) is 0 Å². The Hall–Kier alpha value is -2.33. The second-order valence-corrected chi connectivity index (χ2v) is 4.15. The lowest BCUT2D eigenvalue weighted by atomic mass is 10.2. The largest absolute Gasteiger partial charge is 0.334 e. The molecule has 2 rings (SSSR count). The average Bonchev–Trinajstić information content (AvgIpc) is 2.47. The van der Waals surface area contributed by atoms with Gasteiger partial charge < -0.3 is 16.4 Å². The van der Waals surface area contributed by atoms with Gasteiger partial charge in [0.2, 0.25) is 0 Å². The van der Waals surface area contributed by atoms with Crippen molar-refractivity contribution in [3.05, 3.63) is 65.7 Å². The van der Waals surface area contributed by atoms with E-state index < -0.39 is 0 Å². The molecule has 19 heavy (non-hydrogen) atoms. The van der Waals surface area contributed by atoms with Crippen molar-refractivity contribution in [3.8, 4) is 0 Å². The van der Waals surface area contributed by atoms with E-state index in [-0.39, 0.29) is 6.03 Å². The van der Waals surface area contributed by atoms with Crippen molar-refractivity contribution in [1.82, 2.24) is 5.32 Å². The van der Waals surface area contributed by atoms with Crippen molar-refractivity contribution >= 4 is 11.7 Å². The van der Waals surface area contributed by atoms with Gasteiger partial charge in [-0.1, -0.05) is 48.5 Å². The molecule has 0 radical (unpaired) electrons. The number of anilines is 1. The second-order valence-electron chi connectivity index (χ2n) is 4.15. The van der Waals surface area contributed by atoms with Crippen LogP contribution in [0.1, 0.15) is 11.1 Å². The molecule has 0 aromatic heterocycles. The summed E-state index contributed by atoms with van der Waals surface area (Å²) >= 11 is 0. The van der Waals surface area contributed by atoms with Gasteiger partial charge in [0, 0.05) is 18.8 Å². The maximum absolute atomic E-state index is 11.8. The first-order valence-electron chi connectivity index (χ1n) is 6.16. The molecule has 0 aliphatic carbocycles. The van der Waals surface area contributed by atoms with E-state index in [1.54, 1.807) is 0 Å². The summed E-state index contributed by atoms with van der Waals surface area (Å²) in [6.07, 6.45) is 0. The number of nitrogens with one attached hydrogen (secondary N) is 2. The first kappa shape index (κ1) is 13.1. The van der Waals surface area contributed by atoms with Crippen LogP contribution in [0.3, 0.4) is 0 Å². The van der Waals surface area contributed by atoms with Gasteiger partial charge in [0.1, 0.15) is 0 Å². The van der Waals surface area contributed by atoms with Crippen molar-refractivity contribution in [1.29, 1.82) is 0 Å². The third kappa shape index (κ3) is 3.82. The number of amides is 2. The summed E-state index contributed by atoms with van der Waals surface area (Å²) < 4.78 is 0. The average molecular weight is 255 g/mol. The summed E-state index contributed by atoms with van der Waals surface area (Å²) in [6.45, 7) is 0.895. The number of carbonyl (C=O) groups excluding carboxylic acids is 1. The summed E-state index contributed by atoms with van der Waals surface area (Å²) in [6, 6.07) is 17.0. The maximum atomic E-state index is 11.8. The van der Waals surface area contributed by atoms with E-state index in [1.807, 2.05) is 54.6 Å². The van der Waals surface area contributed by atoms with Crippen molar-refractivity contribution in [2.24, 2.45) is 5.73 Å². The standard InChI is InChI=1S/C15H17N3O/c16-10-13-8-4-5-9-14(13)18-15(19)17-11-12-6-2-1-3-7-12/h1-9H,10-11,16H2,(H2,17,18,19). The van der Waals surface area contributed by atoms with Crippen LogP contribution in [0.5, 0.6) is 0 Å². The summed E-state index contributed by atoms with van der Waals surface area (Å²) in [5, 5.41) is 5.61. The zero-order valence-electron chi connectivity index (χ0n) is 10.6. The van der Waals surface area contributed by atoms with Gasteiger partial charge in [0.15, 0.2) is 0 Å². The predicted molar refractivity (Wildman–Crippen MR) is 76.6 cm³/mol. The van der Waals surface area contributed by atoms with Gasteiger partial charge in [0.05, 0.1) is 0 Å². The molecule has 2 aromatic rings. The molecule has 0 aliphatic heterocycles. The molecular weight excluding hydrogens is 238 g/mol. The number of carbonyl (C=O) groups is 1. The quantitative estimate of drug-likeness (QED) is 0.785. The molecule has 2 aromatic carbocycles. The lowest BCUT2D eigenvalue weighted by Crippen LogP contribution is -2.28. The Balaban J connectivity index is 1.91. The summed E-state index contributed by atoms with van der Waals surface area (Å²) in [5.74, 6) is 0. The van der Waals surface area contributed by atoms with E-state index in [4.69, 9.17) is 5.73 Å². The maximum Gasteiger partial charge on any atom is 0.319 e. The molecule has 0 unspecified atom stereocenters. The van der Waals surface area contributed by atoms with Crippen molar-refractivity contribution in [2.75, 3.05) is 5.32 Å².